The SMILES string of the molecule is NC(CCC(=O)O)C(=O)NC(CS)C(=O)NC(CS)C(=O)NC(CS)C(=O)O. The lowest BCUT2D eigenvalue weighted by Gasteiger charge is -2.23. The highest BCUT2D eigenvalue weighted by atomic mass is 32.1. The van der Waals surface area contributed by atoms with Crippen molar-refractivity contribution in [2.75, 3.05) is 17.3 Å². The van der Waals surface area contributed by atoms with E-state index in [2.05, 4.69) is 53.8 Å². The molecule has 0 bridgehead atoms. The van der Waals surface area contributed by atoms with Gasteiger partial charge in [0.05, 0.1) is 6.04 Å². The number of carbonyl (C=O) groups excluding carboxylic acids is 3. The van der Waals surface area contributed by atoms with Gasteiger partial charge in [0.15, 0.2) is 0 Å². The van der Waals surface area contributed by atoms with Crippen LogP contribution in [0.1, 0.15) is 12.8 Å². The molecule has 14 heteroatoms. The number of amides is 3. The van der Waals surface area contributed by atoms with Gasteiger partial charge in [-0.1, -0.05) is 0 Å². The Morgan fingerprint density at radius 3 is 1.50 bits per heavy atom. The van der Waals surface area contributed by atoms with Crippen LogP contribution in [-0.2, 0) is 24.0 Å². The van der Waals surface area contributed by atoms with E-state index in [0.29, 0.717) is 0 Å². The van der Waals surface area contributed by atoms with E-state index in [1.165, 1.54) is 0 Å². The Morgan fingerprint density at radius 2 is 1.14 bits per heavy atom. The highest BCUT2D eigenvalue weighted by Gasteiger charge is 2.28. The number of carbonyl (C=O) groups is 5. The number of hydrogen-bond donors (Lipinski definition) is 9. The molecule has 0 rings (SSSR count). The number of aliphatic carboxylic acids is 2. The van der Waals surface area contributed by atoms with E-state index < -0.39 is 53.8 Å². The first-order valence-electron chi connectivity index (χ1n) is 8.01. The number of nitrogens with one attached hydrogen (secondary N) is 3. The van der Waals surface area contributed by atoms with Crippen LogP contribution in [0.2, 0.25) is 0 Å². The fourth-order valence-electron chi connectivity index (χ4n) is 1.81. The van der Waals surface area contributed by atoms with Gasteiger partial charge in [-0.15, -0.1) is 0 Å². The zero-order valence-electron chi connectivity index (χ0n) is 14.7. The van der Waals surface area contributed by atoms with Gasteiger partial charge in [-0.2, -0.15) is 37.9 Å². The number of rotatable bonds is 13. The van der Waals surface area contributed by atoms with Crippen LogP contribution < -0.4 is 21.7 Å². The van der Waals surface area contributed by atoms with Gasteiger partial charge in [-0.25, -0.2) is 4.79 Å². The molecule has 0 aliphatic carbocycles. The van der Waals surface area contributed by atoms with Gasteiger partial charge in [0, 0.05) is 23.7 Å². The van der Waals surface area contributed by atoms with Crippen molar-refractivity contribution in [1.82, 2.24) is 16.0 Å². The summed E-state index contributed by atoms with van der Waals surface area (Å²) in [7, 11) is 0. The number of nitrogens with two attached hydrogens (primary N) is 1. The molecule has 0 saturated heterocycles. The molecule has 160 valence electrons. The standard InChI is InChI=1S/C14H24N4O7S3/c15-6(1-2-10(19)20)11(21)16-7(3-26)12(22)17-8(4-27)13(23)18-9(5-28)14(24)25/h6-9,26-28H,1-5,15H2,(H,16,21)(H,17,22)(H,18,23)(H,19,20)(H,24,25). The molecular weight excluding hydrogens is 432 g/mol. The molecular formula is C14H24N4O7S3. The van der Waals surface area contributed by atoms with Gasteiger partial charge >= 0.3 is 11.9 Å². The van der Waals surface area contributed by atoms with Crippen molar-refractivity contribution in [1.29, 1.82) is 0 Å². The van der Waals surface area contributed by atoms with Crippen LogP contribution in [0.15, 0.2) is 0 Å². The highest BCUT2D eigenvalue weighted by Crippen LogP contribution is 1.99. The summed E-state index contributed by atoms with van der Waals surface area (Å²) < 4.78 is 0. The molecule has 7 N–H and O–H groups in total. The van der Waals surface area contributed by atoms with E-state index in [1.807, 2.05) is 0 Å². The van der Waals surface area contributed by atoms with Crippen molar-refractivity contribution in [3.05, 3.63) is 0 Å². The molecule has 4 unspecified atom stereocenters. The Hall–Kier alpha value is -1.64. The maximum absolute atomic E-state index is 12.3. The topological polar surface area (TPSA) is 188 Å². The molecule has 0 radical (unpaired) electrons. The van der Waals surface area contributed by atoms with Crippen LogP contribution in [0.5, 0.6) is 0 Å². The first kappa shape index (κ1) is 26.4. The molecule has 3 amide bonds. The second-order valence-electron chi connectivity index (χ2n) is 5.61. The van der Waals surface area contributed by atoms with Crippen molar-refractivity contribution >= 4 is 67.5 Å². The Balaban J connectivity index is 4.86. The maximum atomic E-state index is 12.3. The molecule has 0 fully saturated rings. The molecule has 4 atom stereocenters. The Morgan fingerprint density at radius 1 is 0.750 bits per heavy atom. The molecule has 28 heavy (non-hydrogen) atoms. The summed E-state index contributed by atoms with van der Waals surface area (Å²) >= 11 is 11.7. The fraction of sp³-hybridized carbons (Fsp3) is 0.643. The van der Waals surface area contributed by atoms with E-state index >= 15 is 0 Å². The molecule has 0 aromatic heterocycles. The Labute approximate surface area is 177 Å². The minimum atomic E-state index is -1.29. The summed E-state index contributed by atoms with van der Waals surface area (Å²) in [6, 6.07) is -4.70. The zero-order valence-corrected chi connectivity index (χ0v) is 17.4. The first-order chi connectivity index (χ1) is 13.1. The molecule has 0 saturated carbocycles. The molecule has 0 heterocycles. The summed E-state index contributed by atoms with van der Waals surface area (Å²) in [5, 5.41) is 24.4. The molecule has 0 aliphatic heterocycles. The van der Waals surface area contributed by atoms with Crippen LogP contribution in [0.4, 0.5) is 0 Å². The molecule has 11 nitrogen and oxygen atoms in total. The second kappa shape index (κ2) is 13.5. The second-order valence-corrected chi connectivity index (χ2v) is 6.70. The first-order valence-corrected chi connectivity index (χ1v) is 9.90. The number of thiol groups is 3. The predicted molar refractivity (Wildman–Crippen MR) is 110 cm³/mol. The summed E-state index contributed by atoms with van der Waals surface area (Å²) in [6.45, 7) is 0. The van der Waals surface area contributed by atoms with Crippen molar-refractivity contribution in [2.24, 2.45) is 5.73 Å². The summed E-state index contributed by atoms with van der Waals surface area (Å²) in [6.07, 6.45) is -0.436. The Kier molecular flexibility index (Phi) is 12.7. The lowest BCUT2D eigenvalue weighted by Crippen LogP contribution is -2.58. The number of carboxylic acids is 2. The zero-order chi connectivity index (χ0) is 21.9. The van der Waals surface area contributed by atoms with Gasteiger partial charge < -0.3 is 31.9 Å². The average Bonchev–Trinajstić information content (AvgIpc) is 2.65. The third-order valence-electron chi connectivity index (χ3n) is 3.43. The molecule has 0 aromatic carbocycles. The Bertz CT molecular complexity index is 593. The molecule has 0 aliphatic rings. The van der Waals surface area contributed by atoms with Gasteiger partial charge in [0.25, 0.3) is 0 Å². The van der Waals surface area contributed by atoms with Crippen molar-refractivity contribution in [3.8, 4) is 0 Å². The molecule has 0 spiro atoms. The third kappa shape index (κ3) is 9.52. The average molecular weight is 457 g/mol. The minimum absolute atomic E-state index is 0.121. The van der Waals surface area contributed by atoms with E-state index in [0.717, 1.165) is 0 Å². The van der Waals surface area contributed by atoms with Crippen molar-refractivity contribution < 1.29 is 34.2 Å². The normalized spacial score (nSPS) is 14.9. The van der Waals surface area contributed by atoms with E-state index in [4.69, 9.17) is 15.9 Å². The van der Waals surface area contributed by atoms with Crippen LogP contribution in [-0.4, -0.2) is 81.3 Å². The van der Waals surface area contributed by atoms with Gasteiger partial charge in [-0.3, -0.25) is 19.2 Å². The summed E-state index contributed by atoms with van der Waals surface area (Å²) in [5.41, 5.74) is 5.57. The van der Waals surface area contributed by atoms with Crippen LogP contribution in [0, 0.1) is 0 Å². The number of hydrogen-bond acceptors (Lipinski definition) is 9. The van der Waals surface area contributed by atoms with Gasteiger partial charge in [0.2, 0.25) is 17.7 Å². The van der Waals surface area contributed by atoms with Gasteiger partial charge in [0.1, 0.15) is 18.1 Å². The third-order valence-corrected chi connectivity index (χ3v) is 4.53. The van der Waals surface area contributed by atoms with Crippen LogP contribution in [0.3, 0.4) is 0 Å². The largest absolute Gasteiger partial charge is 0.481 e. The lowest BCUT2D eigenvalue weighted by atomic mass is 10.1. The van der Waals surface area contributed by atoms with E-state index in [1.54, 1.807) is 0 Å². The maximum Gasteiger partial charge on any atom is 0.327 e. The summed E-state index contributed by atoms with van der Waals surface area (Å²) in [5.74, 6) is -5.12. The highest BCUT2D eigenvalue weighted by molar-refractivity contribution is 7.80. The van der Waals surface area contributed by atoms with Gasteiger partial charge in [-0.05, 0) is 6.42 Å². The number of carboxylic acid groups (broad SMARTS) is 2. The summed E-state index contributed by atoms with van der Waals surface area (Å²) in [4.78, 5) is 57.9. The fourth-order valence-corrected chi connectivity index (χ4v) is 2.57. The smallest absolute Gasteiger partial charge is 0.327 e. The van der Waals surface area contributed by atoms with Crippen LogP contribution in [0.25, 0.3) is 0 Å². The van der Waals surface area contributed by atoms with E-state index in [-0.39, 0.29) is 30.1 Å². The van der Waals surface area contributed by atoms with E-state index in [9.17, 15) is 24.0 Å². The van der Waals surface area contributed by atoms with Crippen molar-refractivity contribution in [2.45, 2.75) is 37.0 Å². The lowest BCUT2D eigenvalue weighted by molar-refractivity contribution is -0.141. The predicted octanol–water partition coefficient (Wildman–Crippen LogP) is -2.49. The minimum Gasteiger partial charge on any atom is -0.481 e. The van der Waals surface area contributed by atoms with Crippen LogP contribution >= 0.6 is 37.9 Å². The molecule has 0 aromatic rings. The quantitative estimate of drug-likeness (QED) is 0.136. The van der Waals surface area contributed by atoms with Crippen molar-refractivity contribution in [3.63, 3.8) is 0 Å². The monoisotopic (exact) mass is 456 g/mol.